The van der Waals surface area contributed by atoms with Crippen LogP contribution in [0, 0.1) is 5.92 Å². The molecule has 1 fully saturated rings. The third kappa shape index (κ3) is 4.99. The molecule has 21 heavy (non-hydrogen) atoms. The number of para-hydroxylation sites is 1. The molecule has 0 aromatic heterocycles. The average molecular weight is 293 g/mol. The number of hydrogen-bond donors (Lipinski definition) is 1. The van der Waals surface area contributed by atoms with Gasteiger partial charge >= 0.3 is 0 Å². The van der Waals surface area contributed by atoms with Gasteiger partial charge in [-0.1, -0.05) is 25.1 Å². The molecular formula is C17H27NO3. The highest BCUT2D eigenvalue weighted by molar-refractivity contribution is 5.35. The minimum atomic E-state index is 0.172. The van der Waals surface area contributed by atoms with E-state index in [-0.39, 0.29) is 6.04 Å². The summed E-state index contributed by atoms with van der Waals surface area (Å²) < 4.78 is 16.8. The summed E-state index contributed by atoms with van der Waals surface area (Å²) in [5.41, 5.74) is 1.16. The van der Waals surface area contributed by atoms with Crippen molar-refractivity contribution in [1.29, 1.82) is 0 Å². The molecule has 1 aliphatic rings. The lowest BCUT2D eigenvalue weighted by atomic mass is 10.0. The molecule has 1 N–H and O–H groups in total. The second-order valence-corrected chi connectivity index (χ2v) is 5.45. The second-order valence-electron chi connectivity index (χ2n) is 5.45. The van der Waals surface area contributed by atoms with Crippen molar-refractivity contribution >= 4 is 0 Å². The van der Waals surface area contributed by atoms with Gasteiger partial charge in [0.05, 0.1) is 19.8 Å². The van der Waals surface area contributed by atoms with Crippen LogP contribution in [0.2, 0.25) is 0 Å². The Balaban J connectivity index is 1.89. The number of hydrogen-bond acceptors (Lipinski definition) is 4. The highest BCUT2D eigenvalue weighted by Gasteiger charge is 2.18. The van der Waals surface area contributed by atoms with Gasteiger partial charge in [-0.25, -0.2) is 0 Å². The van der Waals surface area contributed by atoms with E-state index < -0.39 is 0 Å². The largest absolute Gasteiger partial charge is 0.496 e. The van der Waals surface area contributed by atoms with Crippen LogP contribution in [-0.2, 0) is 9.47 Å². The molecule has 1 heterocycles. The van der Waals surface area contributed by atoms with Crippen LogP contribution < -0.4 is 10.1 Å². The molecular weight excluding hydrogens is 266 g/mol. The van der Waals surface area contributed by atoms with Crippen LogP contribution in [0.25, 0.3) is 0 Å². The van der Waals surface area contributed by atoms with Gasteiger partial charge in [-0.3, -0.25) is 0 Å². The topological polar surface area (TPSA) is 39.7 Å². The molecule has 2 rings (SSSR count). The van der Waals surface area contributed by atoms with Crippen LogP contribution >= 0.6 is 0 Å². The molecule has 1 saturated heterocycles. The van der Waals surface area contributed by atoms with Gasteiger partial charge in [0.25, 0.3) is 0 Å². The average Bonchev–Trinajstić information content (AvgIpc) is 2.55. The highest BCUT2D eigenvalue weighted by Crippen LogP contribution is 2.25. The van der Waals surface area contributed by atoms with Gasteiger partial charge in [0.1, 0.15) is 5.75 Å². The Kier molecular flexibility index (Phi) is 7.00. The molecule has 0 bridgehead atoms. The molecule has 1 aliphatic heterocycles. The number of benzene rings is 1. The number of nitrogens with one attached hydrogen (secondary N) is 1. The summed E-state index contributed by atoms with van der Waals surface area (Å²) in [5.74, 6) is 1.55. The molecule has 4 heteroatoms. The quantitative estimate of drug-likeness (QED) is 0.800. The standard InChI is InChI=1S/C17H27NO3/c1-3-18-16(15-6-4-5-7-17(15)19-2)13-21-12-14-8-10-20-11-9-14/h4-7,14,16,18H,3,8-13H2,1-2H3. The normalized spacial score (nSPS) is 17.6. The molecule has 1 unspecified atom stereocenters. The minimum absolute atomic E-state index is 0.172. The molecule has 118 valence electrons. The van der Waals surface area contributed by atoms with Gasteiger partial charge in [0, 0.05) is 25.4 Å². The number of rotatable bonds is 8. The van der Waals surface area contributed by atoms with Crippen molar-refractivity contribution < 1.29 is 14.2 Å². The Morgan fingerprint density at radius 1 is 1.29 bits per heavy atom. The van der Waals surface area contributed by atoms with E-state index in [0.717, 1.165) is 50.5 Å². The zero-order chi connectivity index (χ0) is 14.9. The van der Waals surface area contributed by atoms with Gasteiger partial charge in [0.2, 0.25) is 0 Å². The van der Waals surface area contributed by atoms with E-state index in [9.17, 15) is 0 Å². The fourth-order valence-electron chi connectivity index (χ4n) is 2.72. The van der Waals surface area contributed by atoms with Crippen molar-refractivity contribution in [2.45, 2.75) is 25.8 Å². The zero-order valence-corrected chi connectivity index (χ0v) is 13.1. The fourth-order valence-corrected chi connectivity index (χ4v) is 2.72. The lowest BCUT2D eigenvalue weighted by Gasteiger charge is -2.24. The Morgan fingerprint density at radius 2 is 2.05 bits per heavy atom. The SMILES string of the molecule is CCNC(COCC1CCOCC1)c1ccccc1OC. The molecule has 0 radical (unpaired) electrons. The monoisotopic (exact) mass is 293 g/mol. The zero-order valence-electron chi connectivity index (χ0n) is 13.1. The van der Waals surface area contributed by atoms with Crippen molar-refractivity contribution in [3.8, 4) is 5.75 Å². The third-order valence-corrected chi connectivity index (χ3v) is 3.94. The predicted molar refractivity (Wildman–Crippen MR) is 83.8 cm³/mol. The van der Waals surface area contributed by atoms with E-state index in [1.54, 1.807) is 7.11 Å². The van der Waals surface area contributed by atoms with E-state index in [1.807, 2.05) is 18.2 Å². The maximum absolute atomic E-state index is 5.97. The predicted octanol–water partition coefficient (Wildman–Crippen LogP) is 2.79. The maximum atomic E-state index is 5.97. The molecule has 1 atom stereocenters. The first-order valence-corrected chi connectivity index (χ1v) is 7.87. The lowest BCUT2D eigenvalue weighted by molar-refractivity contribution is 0.0151. The molecule has 0 saturated carbocycles. The highest BCUT2D eigenvalue weighted by atomic mass is 16.5. The van der Waals surface area contributed by atoms with Gasteiger partial charge in [-0.05, 0) is 31.4 Å². The third-order valence-electron chi connectivity index (χ3n) is 3.94. The maximum Gasteiger partial charge on any atom is 0.123 e. The van der Waals surface area contributed by atoms with E-state index in [4.69, 9.17) is 14.2 Å². The molecule has 1 aromatic rings. The summed E-state index contributed by atoms with van der Waals surface area (Å²) in [6, 6.07) is 8.31. The second kappa shape index (κ2) is 9.03. The first-order valence-electron chi connectivity index (χ1n) is 7.87. The summed E-state index contributed by atoms with van der Waals surface area (Å²) >= 11 is 0. The Hall–Kier alpha value is -1.10. The molecule has 0 amide bonds. The van der Waals surface area contributed by atoms with Crippen molar-refractivity contribution in [3.63, 3.8) is 0 Å². The lowest BCUT2D eigenvalue weighted by Crippen LogP contribution is -2.28. The van der Waals surface area contributed by atoms with Crippen molar-refractivity contribution in [1.82, 2.24) is 5.32 Å². The van der Waals surface area contributed by atoms with Crippen molar-refractivity contribution in [2.75, 3.05) is 40.1 Å². The van der Waals surface area contributed by atoms with E-state index in [0.29, 0.717) is 12.5 Å². The van der Waals surface area contributed by atoms with Crippen LogP contribution in [0.4, 0.5) is 0 Å². The van der Waals surface area contributed by atoms with Crippen molar-refractivity contribution in [2.24, 2.45) is 5.92 Å². The molecule has 0 aliphatic carbocycles. The van der Waals surface area contributed by atoms with Crippen LogP contribution in [0.3, 0.4) is 0 Å². The Morgan fingerprint density at radius 3 is 2.76 bits per heavy atom. The summed E-state index contributed by atoms with van der Waals surface area (Å²) in [6.45, 7) is 6.25. The first-order chi connectivity index (χ1) is 10.3. The van der Waals surface area contributed by atoms with E-state index in [2.05, 4.69) is 18.3 Å². The van der Waals surface area contributed by atoms with Crippen LogP contribution in [0.1, 0.15) is 31.4 Å². The number of likely N-dealkylation sites (N-methyl/N-ethyl adjacent to an activating group) is 1. The first kappa shape index (κ1) is 16.3. The summed E-state index contributed by atoms with van der Waals surface area (Å²) in [6.07, 6.45) is 2.22. The smallest absolute Gasteiger partial charge is 0.123 e. The summed E-state index contributed by atoms with van der Waals surface area (Å²) in [4.78, 5) is 0. The number of methoxy groups -OCH3 is 1. The van der Waals surface area contributed by atoms with Gasteiger partial charge in [0.15, 0.2) is 0 Å². The van der Waals surface area contributed by atoms with Gasteiger partial charge in [-0.15, -0.1) is 0 Å². The Labute approximate surface area is 127 Å². The Bertz CT molecular complexity index is 405. The van der Waals surface area contributed by atoms with E-state index in [1.165, 1.54) is 0 Å². The van der Waals surface area contributed by atoms with Gasteiger partial charge < -0.3 is 19.5 Å². The van der Waals surface area contributed by atoms with Crippen LogP contribution in [0.5, 0.6) is 5.75 Å². The molecule has 4 nitrogen and oxygen atoms in total. The van der Waals surface area contributed by atoms with Crippen LogP contribution in [0.15, 0.2) is 24.3 Å². The van der Waals surface area contributed by atoms with E-state index >= 15 is 0 Å². The minimum Gasteiger partial charge on any atom is -0.496 e. The molecule has 1 aromatic carbocycles. The number of ether oxygens (including phenoxy) is 3. The summed E-state index contributed by atoms with van der Waals surface area (Å²) in [5, 5.41) is 3.48. The van der Waals surface area contributed by atoms with Gasteiger partial charge in [-0.2, -0.15) is 0 Å². The van der Waals surface area contributed by atoms with Crippen molar-refractivity contribution in [3.05, 3.63) is 29.8 Å². The molecule has 0 spiro atoms. The summed E-state index contributed by atoms with van der Waals surface area (Å²) in [7, 11) is 1.71. The van der Waals surface area contributed by atoms with Crippen LogP contribution in [-0.4, -0.2) is 40.1 Å². The fraction of sp³-hybridized carbons (Fsp3) is 0.647.